The number of nitrogens with zero attached hydrogens (tertiary/aromatic N) is 2. The Bertz CT molecular complexity index is 659. The van der Waals surface area contributed by atoms with Crippen molar-refractivity contribution in [2.24, 2.45) is 0 Å². The highest BCUT2D eigenvalue weighted by Gasteiger charge is 2.44. The molecule has 130 valence electrons. The molecule has 0 bridgehead atoms. The second-order valence-electron chi connectivity index (χ2n) is 6.93. The molecule has 0 aromatic heterocycles. The molecule has 6 nitrogen and oxygen atoms in total. The van der Waals surface area contributed by atoms with Gasteiger partial charge in [0.2, 0.25) is 11.8 Å². The molecule has 0 aliphatic carbocycles. The SMILES string of the molecule is Cc1ccc(CN2CCN3C(=O)[C@@H]([C@H](C)O)NC(=O)[C@H]3C2)cc1C. The van der Waals surface area contributed by atoms with Crippen LogP contribution in [0.3, 0.4) is 0 Å². The predicted octanol–water partition coefficient (Wildman–Crippen LogP) is 0.195. The van der Waals surface area contributed by atoms with Gasteiger partial charge in [-0.25, -0.2) is 0 Å². The van der Waals surface area contributed by atoms with Crippen LogP contribution >= 0.6 is 0 Å². The number of benzene rings is 1. The number of aliphatic hydroxyl groups is 1. The summed E-state index contributed by atoms with van der Waals surface area (Å²) in [5, 5.41) is 12.3. The average Bonchev–Trinajstić information content (AvgIpc) is 2.54. The second kappa shape index (κ2) is 6.53. The van der Waals surface area contributed by atoms with Crippen LogP contribution in [-0.4, -0.2) is 64.5 Å². The van der Waals surface area contributed by atoms with Gasteiger partial charge in [0.15, 0.2) is 0 Å². The van der Waals surface area contributed by atoms with Gasteiger partial charge in [0.25, 0.3) is 0 Å². The molecular weight excluding hydrogens is 306 g/mol. The van der Waals surface area contributed by atoms with Gasteiger partial charge in [0.1, 0.15) is 12.1 Å². The third-order valence-corrected chi connectivity index (χ3v) is 5.07. The highest BCUT2D eigenvalue weighted by atomic mass is 16.3. The molecule has 2 heterocycles. The molecule has 2 aliphatic rings. The van der Waals surface area contributed by atoms with Crippen LogP contribution in [0.2, 0.25) is 0 Å². The molecule has 2 saturated heterocycles. The molecule has 0 unspecified atom stereocenters. The average molecular weight is 331 g/mol. The number of carbonyl (C=O) groups is 2. The number of hydrogen-bond donors (Lipinski definition) is 2. The molecular formula is C18H25N3O3. The number of nitrogens with one attached hydrogen (secondary N) is 1. The van der Waals surface area contributed by atoms with E-state index in [4.69, 9.17) is 0 Å². The Morgan fingerprint density at radius 1 is 1.25 bits per heavy atom. The monoisotopic (exact) mass is 331 g/mol. The van der Waals surface area contributed by atoms with Gasteiger partial charge in [-0.1, -0.05) is 18.2 Å². The van der Waals surface area contributed by atoms with Crippen LogP contribution in [0.15, 0.2) is 18.2 Å². The number of carbonyl (C=O) groups excluding carboxylic acids is 2. The van der Waals surface area contributed by atoms with Crippen LogP contribution in [-0.2, 0) is 16.1 Å². The lowest BCUT2D eigenvalue weighted by Gasteiger charge is -2.45. The number of fused-ring (bicyclic) bond motifs is 1. The summed E-state index contributed by atoms with van der Waals surface area (Å²) >= 11 is 0. The lowest BCUT2D eigenvalue weighted by atomic mass is 10.0. The van der Waals surface area contributed by atoms with E-state index >= 15 is 0 Å². The lowest BCUT2D eigenvalue weighted by Crippen LogP contribution is -2.70. The molecule has 1 aromatic carbocycles. The first-order valence-corrected chi connectivity index (χ1v) is 8.44. The molecule has 2 amide bonds. The van der Waals surface area contributed by atoms with Crippen molar-refractivity contribution in [3.8, 4) is 0 Å². The van der Waals surface area contributed by atoms with Crippen LogP contribution in [0.5, 0.6) is 0 Å². The van der Waals surface area contributed by atoms with E-state index in [9.17, 15) is 14.7 Å². The molecule has 2 fully saturated rings. The molecule has 6 heteroatoms. The van der Waals surface area contributed by atoms with E-state index in [1.165, 1.54) is 23.6 Å². The first-order chi connectivity index (χ1) is 11.4. The largest absolute Gasteiger partial charge is 0.391 e. The minimum absolute atomic E-state index is 0.176. The third kappa shape index (κ3) is 3.16. The summed E-state index contributed by atoms with van der Waals surface area (Å²) in [6.45, 7) is 8.26. The van der Waals surface area contributed by atoms with Gasteiger partial charge < -0.3 is 15.3 Å². The second-order valence-corrected chi connectivity index (χ2v) is 6.93. The number of aryl methyl sites for hydroxylation is 2. The van der Waals surface area contributed by atoms with Crippen LogP contribution in [0.1, 0.15) is 23.6 Å². The van der Waals surface area contributed by atoms with Crippen molar-refractivity contribution in [3.05, 3.63) is 34.9 Å². The summed E-state index contributed by atoms with van der Waals surface area (Å²) in [7, 11) is 0. The molecule has 0 radical (unpaired) electrons. The summed E-state index contributed by atoms with van der Waals surface area (Å²) < 4.78 is 0. The van der Waals surface area contributed by atoms with Gasteiger partial charge in [-0.2, -0.15) is 0 Å². The molecule has 2 aliphatic heterocycles. The van der Waals surface area contributed by atoms with Gasteiger partial charge >= 0.3 is 0 Å². The van der Waals surface area contributed by atoms with Gasteiger partial charge in [0.05, 0.1) is 6.10 Å². The van der Waals surface area contributed by atoms with Crippen LogP contribution in [0, 0.1) is 13.8 Å². The highest BCUT2D eigenvalue weighted by molar-refractivity contribution is 5.97. The Hall–Kier alpha value is -1.92. The number of piperazine rings is 2. The number of hydrogen-bond acceptors (Lipinski definition) is 4. The first-order valence-electron chi connectivity index (χ1n) is 8.44. The Labute approximate surface area is 142 Å². The highest BCUT2D eigenvalue weighted by Crippen LogP contribution is 2.20. The quantitative estimate of drug-likeness (QED) is 0.830. The number of rotatable bonds is 3. The van der Waals surface area contributed by atoms with Crippen molar-refractivity contribution in [3.63, 3.8) is 0 Å². The summed E-state index contributed by atoms with van der Waals surface area (Å²) in [5.41, 5.74) is 3.75. The van der Waals surface area contributed by atoms with E-state index in [0.29, 0.717) is 13.1 Å². The van der Waals surface area contributed by atoms with Crippen LogP contribution < -0.4 is 5.32 Å². The van der Waals surface area contributed by atoms with Crippen molar-refractivity contribution in [2.45, 2.75) is 45.5 Å². The van der Waals surface area contributed by atoms with Gasteiger partial charge in [-0.05, 0) is 37.5 Å². The summed E-state index contributed by atoms with van der Waals surface area (Å²) in [5.74, 6) is -0.356. The Balaban J connectivity index is 1.69. The van der Waals surface area contributed by atoms with Gasteiger partial charge in [0, 0.05) is 26.2 Å². The van der Waals surface area contributed by atoms with Crippen molar-refractivity contribution < 1.29 is 14.7 Å². The lowest BCUT2D eigenvalue weighted by molar-refractivity contribution is -0.156. The maximum Gasteiger partial charge on any atom is 0.248 e. The number of aliphatic hydroxyl groups excluding tert-OH is 1. The Kier molecular flexibility index (Phi) is 4.60. The Morgan fingerprint density at radius 3 is 2.67 bits per heavy atom. The minimum Gasteiger partial charge on any atom is -0.391 e. The van der Waals surface area contributed by atoms with Crippen molar-refractivity contribution >= 4 is 11.8 Å². The molecule has 0 saturated carbocycles. The van der Waals surface area contributed by atoms with Gasteiger partial charge in [-0.3, -0.25) is 14.5 Å². The van der Waals surface area contributed by atoms with E-state index in [1.807, 2.05) is 0 Å². The maximum atomic E-state index is 12.4. The van der Waals surface area contributed by atoms with Gasteiger partial charge in [-0.15, -0.1) is 0 Å². The number of amides is 2. The van der Waals surface area contributed by atoms with Crippen molar-refractivity contribution in [2.75, 3.05) is 19.6 Å². The topological polar surface area (TPSA) is 72.9 Å². The molecule has 3 rings (SSSR count). The van der Waals surface area contributed by atoms with Crippen molar-refractivity contribution in [1.29, 1.82) is 0 Å². The fourth-order valence-electron chi connectivity index (χ4n) is 3.45. The van der Waals surface area contributed by atoms with E-state index in [1.54, 1.807) is 4.90 Å². The Morgan fingerprint density at radius 2 is 2.00 bits per heavy atom. The molecule has 3 atom stereocenters. The summed E-state index contributed by atoms with van der Waals surface area (Å²) in [4.78, 5) is 28.6. The summed E-state index contributed by atoms with van der Waals surface area (Å²) in [6, 6.07) is 5.12. The van der Waals surface area contributed by atoms with Crippen LogP contribution in [0.4, 0.5) is 0 Å². The minimum atomic E-state index is -0.879. The van der Waals surface area contributed by atoms with Crippen LogP contribution in [0.25, 0.3) is 0 Å². The predicted molar refractivity (Wildman–Crippen MR) is 90.3 cm³/mol. The molecule has 0 spiro atoms. The molecule has 1 aromatic rings. The van der Waals surface area contributed by atoms with E-state index in [-0.39, 0.29) is 11.8 Å². The molecule has 24 heavy (non-hydrogen) atoms. The first kappa shape index (κ1) is 16.9. The van der Waals surface area contributed by atoms with Crippen molar-refractivity contribution in [1.82, 2.24) is 15.1 Å². The zero-order valence-corrected chi connectivity index (χ0v) is 14.5. The fourth-order valence-corrected chi connectivity index (χ4v) is 3.45. The fraction of sp³-hybridized carbons (Fsp3) is 0.556. The van der Waals surface area contributed by atoms with E-state index in [0.717, 1.165) is 13.1 Å². The smallest absolute Gasteiger partial charge is 0.248 e. The normalized spacial score (nSPS) is 26.1. The zero-order chi connectivity index (χ0) is 17.4. The molecule has 2 N–H and O–H groups in total. The standard InChI is InChI=1S/C18H25N3O3/c1-11-4-5-14(8-12(11)2)9-20-6-7-21-15(10-20)17(23)19-16(13(3)22)18(21)24/h4-5,8,13,15-16,22H,6-7,9-10H2,1-3H3,(H,19,23)/t13-,15+,16+/m0/s1. The third-order valence-electron chi connectivity index (χ3n) is 5.07. The zero-order valence-electron chi connectivity index (χ0n) is 14.5. The summed E-state index contributed by atoms with van der Waals surface area (Å²) in [6.07, 6.45) is -0.879. The van der Waals surface area contributed by atoms with E-state index in [2.05, 4.69) is 42.3 Å². The maximum absolute atomic E-state index is 12.4. The van der Waals surface area contributed by atoms with E-state index < -0.39 is 18.2 Å².